The van der Waals surface area contributed by atoms with E-state index in [0.717, 1.165) is 0 Å². The Kier molecular flexibility index (Phi) is 4.21. The van der Waals surface area contributed by atoms with Gasteiger partial charge in [0.15, 0.2) is 5.16 Å². The van der Waals surface area contributed by atoms with Crippen LogP contribution >= 0.6 is 11.8 Å². The van der Waals surface area contributed by atoms with Gasteiger partial charge in [-0.3, -0.25) is 0 Å². The number of nitrogen functional groups attached to an aromatic ring is 1. The van der Waals surface area contributed by atoms with Crippen LogP contribution in [0, 0.1) is 11.3 Å². The van der Waals surface area contributed by atoms with Crippen molar-refractivity contribution in [2.45, 2.75) is 11.8 Å². The number of benzene rings is 1. The number of para-hydroxylation sites is 1. The second kappa shape index (κ2) is 6.07. The molecule has 0 bridgehead atoms. The van der Waals surface area contributed by atoms with E-state index >= 15 is 0 Å². The van der Waals surface area contributed by atoms with Crippen molar-refractivity contribution in [3.63, 3.8) is 0 Å². The average Bonchev–Trinajstić information content (AvgIpc) is 2.45. The van der Waals surface area contributed by atoms with E-state index < -0.39 is 0 Å². The van der Waals surface area contributed by atoms with Gasteiger partial charge in [0, 0.05) is 0 Å². The molecule has 2 N–H and O–H groups in total. The van der Waals surface area contributed by atoms with Crippen LogP contribution in [0.3, 0.4) is 0 Å². The molecule has 1 heterocycles. The molecule has 0 spiro atoms. The van der Waals surface area contributed by atoms with Crippen LogP contribution in [0.4, 0.5) is 5.82 Å². The number of hydrogen-bond acceptors (Lipinski definition) is 6. The molecule has 2 rings (SSSR count). The second-order valence-corrected chi connectivity index (χ2v) is 4.40. The molecule has 0 radical (unpaired) electrons. The highest BCUT2D eigenvalue weighted by molar-refractivity contribution is 7.98. The molecule has 0 aliphatic heterocycles. The third-order valence-electron chi connectivity index (χ3n) is 2.40. The fraction of sp³-hybridized carbons (Fsp3) is 0.154. The molecule has 19 heavy (non-hydrogen) atoms. The lowest BCUT2D eigenvalue weighted by molar-refractivity contribution is 0.299. The maximum atomic E-state index is 9.09. The summed E-state index contributed by atoms with van der Waals surface area (Å²) in [5.74, 6) is 0.905. The predicted octanol–water partition coefficient (Wildman–Crippen LogP) is 2.23. The Morgan fingerprint density at radius 3 is 2.68 bits per heavy atom. The Hall–Kier alpha value is -2.26. The van der Waals surface area contributed by atoms with Gasteiger partial charge in [-0.2, -0.15) is 5.26 Å². The van der Waals surface area contributed by atoms with Crippen molar-refractivity contribution in [1.82, 2.24) is 9.97 Å². The highest BCUT2D eigenvalue weighted by Crippen LogP contribution is 2.19. The number of thioether (sulfide) groups is 1. The number of nitriles is 1. The Morgan fingerprint density at radius 1 is 1.32 bits per heavy atom. The normalized spacial score (nSPS) is 9.89. The van der Waals surface area contributed by atoms with Crippen LogP contribution < -0.4 is 10.5 Å². The van der Waals surface area contributed by atoms with Crippen LogP contribution in [0.5, 0.6) is 5.75 Å². The van der Waals surface area contributed by atoms with Crippen molar-refractivity contribution < 1.29 is 4.74 Å². The minimum Gasteiger partial charge on any atom is -0.487 e. The van der Waals surface area contributed by atoms with Crippen LogP contribution in [0.2, 0.25) is 0 Å². The van der Waals surface area contributed by atoms with Gasteiger partial charge in [0.2, 0.25) is 0 Å². The molecule has 0 aliphatic carbocycles. The zero-order valence-electron chi connectivity index (χ0n) is 10.3. The van der Waals surface area contributed by atoms with Crippen LogP contribution in [-0.4, -0.2) is 16.2 Å². The number of nitrogens with two attached hydrogens (primary N) is 1. The lowest BCUT2D eigenvalue weighted by Crippen LogP contribution is -2.08. The fourth-order valence-electron chi connectivity index (χ4n) is 1.49. The predicted molar refractivity (Wildman–Crippen MR) is 73.7 cm³/mol. The molecule has 6 heteroatoms. The molecular formula is C13H12N4OS. The zero-order valence-corrected chi connectivity index (χ0v) is 11.1. The molecule has 1 aromatic heterocycles. The first kappa shape index (κ1) is 13.2. The number of hydrogen-bond donors (Lipinski definition) is 1. The number of ether oxygens (including phenoxy) is 1. The van der Waals surface area contributed by atoms with Crippen molar-refractivity contribution in [2.24, 2.45) is 0 Å². The molecule has 1 aromatic carbocycles. The SMILES string of the molecule is CSc1nc(N)c(C#N)c(COc2ccccc2)n1. The largest absolute Gasteiger partial charge is 0.487 e. The van der Waals surface area contributed by atoms with E-state index in [0.29, 0.717) is 16.6 Å². The fourth-order valence-corrected chi connectivity index (χ4v) is 1.88. The maximum absolute atomic E-state index is 9.09. The van der Waals surface area contributed by atoms with Crippen LogP contribution in [0.1, 0.15) is 11.3 Å². The summed E-state index contributed by atoms with van der Waals surface area (Å²) >= 11 is 1.37. The minimum atomic E-state index is 0.188. The summed E-state index contributed by atoms with van der Waals surface area (Å²) in [4.78, 5) is 8.29. The highest BCUT2D eigenvalue weighted by Gasteiger charge is 2.12. The van der Waals surface area contributed by atoms with E-state index in [1.54, 1.807) is 0 Å². The van der Waals surface area contributed by atoms with E-state index in [1.807, 2.05) is 42.7 Å². The summed E-state index contributed by atoms with van der Waals surface area (Å²) in [5.41, 5.74) is 6.51. The molecule has 0 aliphatic rings. The Bertz CT molecular complexity index is 610. The van der Waals surface area contributed by atoms with Gasteiger partial charge in [0.05, 0.1) is 0 Å². The molecule has 0 fully saturated rings. The molecule has 0 amide bonds. The third-order valence-corrected chi connectivity index (χ3v) is 2.95. The zero-order chi connectivity index (χ0) is 13.7. The minimum absolute atomic E-state index is 0.188. The lowest BCUT2D eigenvalue weighted by atomic mass is 10.2. The molecule has 96 valence electrons. The molecular weight excluding hydrogens is 260 g/mol. The third kappa shape index (κ3) is 3.14. The van der Waals surface area contributed by atoms with E-state index in [9.17, 15) is 0 Å². The molecule has 0 atom stereocenters. The van der Waals surface area contributed by atoms with Gasteiger partial charge in [-0.05, 0) is 18.4 Å². The second-order valence-electron chi connectivity index (χ2n) is 3.63. The van der Waals surface area contributed by atoms with Crippen LogP contribution in [0.25, 0.3) is 0 Å². The van der Waals surface area contributed by atoms with Gasteiger partial charge >= 0.3 is 0 Å². The van der Waals surface area contributed by atoms with Gasteiger partial charge < -0.3 is 10.5 Å². The standard InChI is InChI=1S/C13H12N4OS/c1-19-13-16-11(10(7-14)12(15)17-13)8-18-9-5-3-2-4-6-9/h2-6H,8H2,1H3,(H2,15,16,17). The van der Waals surface area contributed by atoms with Crippen molar-refractivity contribution in [3.05, 3.63) is 41.6 Å². The molecule has 5 nitrogen and oxygen atoms in total. The lowest BCUT2D eigenvalue weighted by Gasteiger charge is -2.09. The van der Waals surface area contributed by atoms with Gasteiger partial charge in [-0.1, -0.05) is 30.0 Å². The van der Waals surface area contributed by atoms with Gasteiger partial charge in [-0.25, -0.2) is 9.97 Å². The molecule has 0 saturated carbocycles. The van der Waals surface area contributed by atoms with E-state index in [4.69, 9.17) is 15.7 Å². The van der Waals surface area contributed by atoms with E-state index in [-0.39, 0.29) is 18.0 Å². The van der Waals surface area contributed by atoms with Crippen molar-refractivity contribution in [1.29, 1.82) is 5.26 Å². The first-order chi connectivity index (χ1) is 9.24. The highest BCUT2D eigenvalue weighted by atomic mass is 32.2. The number of rotatable bonds is 4. The number of nitrogens with zero attached hydrogens (tertiary/aromatic N) is 3. The van der Waals surface area contributed by atoms with Gasteiger partial charge in [-0.15, -0.1) is 0 Å². The topological polar surface area (TPSA) is 84.8 Å². The number of aromatic nitrogens is 2. The monoisotopic (exact) mass is 272 g/mol. The quantitative estimate of drug-likeness (QED) is 0.678. The summed E-state index contributed by atoms with van der Waals surface area (Å²) in [7, 11) is 0. The van der Waals surface area contributed by atoms with Gasteiger partial charge in [0.1, 0.15) is 35.5 Å². The van der Waals surface area contributed by atoms with Gasteiger partial charge in [0.25, 0.3) is 0 Å². The van der Waals surface area contributed by atoms with Crippen molar-refractivity contribution in [2.75, 3.05) is 12.0 Å². The summed E-state index contributed by atoms with van der Waals surface area (Å²) in [6.45, 7) is 0.188. The smallest absolute Gasteiger partial charge is 0.189 e. The molecule has 2 aromatic rings. The molecule has 0 saturated heterocycles. The summed E-state index contributed by atoms with van der Waals surface area (Å²) in [5, 5.41) is 9.62. The van der Waals surface area contributed by atoms with Crippen molar-refractivity contribution in [3.8, 4) is 11.8 Å². The first-order valence-electron chi connectivity index (χ1n) is 5.53. The maximum Gasteiger partial charge on any atom is 0.189 e. The Labute approximate surface area is 115 Å². The Balaban J connectivity index is 2.24. The molecule has 0 unspecified atom stereocenters. The average molecular weight is 272 g/mol. The first-order valence-corrected chi connectivity index (χ1v) is 6.75. The summed E-state index contributed by atoms with van der Waals surface area (Å²) < 4.78 is 5.58. The van der Waals surface area contributed by atoms with Crippen molar-refractivity contribution >= 4 is 17.6 Å². The van der Waals surface area contributed by atoms with E-state index in [1.165, 1.54) is 11.8 Å². The van der Waals surface area contributed by atoms with Crippen LogP contribution in [0.15, 0.2) is 35.5 Å². The summed E-state index contributed by atoms with van der Waals surface area (Å²) in [6, 6.07) is 11.4. The van der Waals surface area contributed by atoms with Crippen LogP contribution in [-0.2, 0) is 6.61 Å². The Morgan fingerprint density at radius 2 is 2.05 bits per heavy atom. The number of anilines is 1. The summed E-state index contributed by atoms with van der Waals surface area (Å²) in [6.07, 6.45) is 1.85. The van der Waals surface area contributed by atoms with E-state index in [2.05, 4.69) is 9.97 Å².